The molecule has 1 aromatic rings. The number of carbonyl (C=O) groups excluding carboxylic acids is 3. The topological polar surface area (TPSA) is 129 Å². The van der Waals surface area contributed by atoms with Gasteiger partial charge in [-0.15, -0.1) is 0 Å². The van der Waals surface area contributed by atoms with Crippen molar-refractivity contribution >= 4 is 18.2 Å². The van der Waals surface area contributed by atoms with Gasteiger partial charge in [-0.2, -0.15) is 0 Å². The van der Waals surface area contributed by atoms with Crippen LogP contribution in [0.5, 0.6) is 11.5 Å². The molecule has 3 amide bonds. The first-order valence-electron chi connectivity index (χ1n) is 15.0. The summed E-state index contributed by atoms with van der Waals surface area (Å²) in [6.07, 6.45) is 4.46. The molecule has 3 N–H and O–H groups in total. The fourth-order valence-electron chi connectivity index (χ4n) is 5.19. The van der Waals surface area contributed by atoms with E-state index in [1.165, 1.54) is 0 Å². The predicted molar refractivity (Wildman–Crippen MR) is 162 cm³/mol. The van der Waals surface area contributed by atoms with Crippen molar-refractivity contribution in [2.75, 3.05) is 40.7 Å². The van der Waals surface area contributed by atoms with Crippen molar-refractivity contribution in [2.45, 2.75) is 79.4 Å². The summed E-state index contributed by atoms with van der Waals surface area (Å²) in [5.74, 6) is 0.991. The van der Waals surface area contributed by atoms with Crippen LogP contribution in [-0.2, 0) is 30.3 Å². The summed E-state index contributed by atoms with van der Waals surface area (Å²) in [6, 6.07) is 5.79. The van der Waals surface area contributed by atoms with Crippen LogP contribution >= 0.6 is 0 Å². The minimum atomic E-state index is -0.854. The van der Waals surface area contributed by atoms with E-state index in [0.29, 0.717) is 43.5 Å². The molecule has 0 unspecified atom stereocenters. The van der Waals surface area contributed by atoms with Gasteiger partial charge in [-0.3, -0.25) is 14.4 Å². The summed E-state index contributed by atoms with van der Waals surface area (Å²) in [5.41, 5.74) is 5.75. The number of nitrogens with two attached hydrogens (primary N) is 1. The minimum Gasteiger partial charge on any atom is -0.493 e. The second kappa shape index (κ2) is 16.7. The Hall–Kier alpha value is -2.85. The molecule has 42 heavy (non-hydrogen) atoms. The number of hydrogen-bond donors (Lipinski definition) is 2. The van der Waals surface area contributed by atoms with Crippen LogP contribution in [0.15, 0.2) is 18.2 Å². The molecule has 0 aliphatic carbocycles. The summed E-state index contributed by atoms with van der Waals surface area (Å²) in [7, 11) is 3.30. The molecule has 1 aromatic carbocycles. The first-order valence-corrected chi connectivity index (χ1v) is 15.0. The predicted octanol–water partition coefficient (Wildman–Crippen LogP) is 3.70. The highest BCUT2D eigenvalue weighted by Crippen LogP contribution is 2.35. The van der Waals surface area contributed by atoms with Gasteiger partial charge in [0.05, 0.1) is 31.3 Å². The third kappa shape index (κ3) is 10.2. The van der Waals surface area contributed by atoms with Gasteiger partial charge >= 0.3 is 6.41 Å². The number of hydrogen-bond acceptors (Lipinski definition) is 7. The summed E-state index contributed by atoms with van der Waals surface area (Å²) >= 11 is 0. The maximum atomic E-state index is 13.2. The molecule has 1 saturated heterocycles. The van der Waals surface area contributed by atoms with Crippen LogP contribution < -0.4 is 20.5 Å². The Labute approximate surface area is 252 Å². The molecule has 4 atom stereocenters. The zero-order chi connectivity index (χ0) is 31.4. The number of benzene rings is 1. The molecule has 2 rings (SSSR count). The molecule has 10 heteroatoms. The van der Waals surface area contributed by atoms with Gasteiger partial charge in [0.2, 0.25) is 11.8 Å². The van der Waals surface area contributed by atoms with Crippen LogP contribution in [0, 0.1) is 29.1 Å². The van der Waals surface area contributed by atoms with Crippen LogP contribution in [0.25, 0.3) is 0 Å². The SMILES string of the molecule is COCCCOc1cc(C[C@@H](C[C@H]2[C@H](C[C@H](C(=O)NCC(C)(C)C(N)=O)C(C)C)OCN2[C]=O)C(C)C)ccc1OC. The Morgan fingerprint density at radius 3 is 2.40 bits per heavy atom. The molecule has 0 spiro atoms. The number of nitrogens with zero attached hydrogens (tertiary/aromatic N) is 1. The summed E-state index contributed by atoms with van der Waals surface area (Å²) in [4.78, 5) is 38.5. The fourth-order valence-corrected chi connectivity index (χ4v) is 5.19. The zero-order valence-electron chi connectivity index (χ0n) is 26.7. The van der Waals surface area contributed by atoms with Crippen molar-refractivity contribution in [3.8, 4) is 11.5 Å². The largest absolute Gasteiger partial charge is 0.493 e. The lowest BCUT2D eigenvalue weighted by Gasteiger charge is -2.32. The second-order valence-electron chi connectivity index (χ2n) is 12.6. The first-order chi connectivity index (χ1) is 19.8. The lowest BCUT2D eigenvalue weighted by molar-refractivity contribution is -0.130. The maximum absolute atomic E-state index is 13.2. The number of amides is 3. The second-order valence-corrected chi connectivity index (χ2v) is 12.6. The normalized spacial score (nSPS) is 18.7. The van der Waals surface area contributed by atoms with Gasteiger partial charge in [-0.05, 0) is 68.6 Å². The molecule has 237 valence electrons. The number of rotatable bonds is 19. The molecule has 1 fully saturated rings. The molecular weight excluding hydrogens is 538 g/mol. The van der Waals surface area contributed by atoms with Gasteiger partial charge < -0.3 is 34.9 Å². The third-order valence-corrected chi connectivity index (χ3v) is 8.34. The van der Waals surface area contributed by atoms with Gasteiger partial charge in [0.25, 0.3) is 0 Å². The Balaban J connectivity index is 2.18. The Bertz CT molecular complexity index is 1010. The van der Waals surface area contributed by atoms with E-state index in [9.17, 15) is 14.4 Å². The van der Waals surface area contributed by atoms with Crippen molar-refractivity contribution in [2.24, 2.45) is 34.8 Å². The van der Waals surface area contributed by atoms with Crippen molar-refractivity contribution in [3.05, 3.63) is 23.8 Å². The molecule has 0 bridgehead atoms. The zero-order valence-corrected chi connectivity index (χ0v) is 26.7. The fraction of sp³-hybridized carbons (Fsp3) is 0.719. The van der Waals surface area contributed by atoms with E-state index >= 15 is 0 Å². The molecule has 10 nitrogen and oxygen atoms in total. The Morgan fingerprint density at radius 1 is 1.12 bits per heavy atom. The lowest BCUT2D eigenvalue weighted by atomic mass is 9.80. The van der Waals surface area contributed by atoms with E-state index in [2.05, 4.69) is 31.6 Å². The van der Waals surface area contributed by atoms with E-state index in [1.807, 2.05) is 26.0 Å². The van der Waals surface area contributed by atoms with Crippen LogP contribution in [-0.4, -0.2) is 76.0 Å². The van der Waals surface area contributed by atoms with Gasteiger partial charge in [0.15, 0.2) is 11.5 Å². The van der Waals surface area contributed by atoms with E-state index in [1.54, 1.807) is 33.0 Å². The maximum Gasteiger partial charge on any atom is 0.314 e. The number of carbonyl (C=O) groups is 2. The Morgan fingerprint density at radius 2 is 1.83 bits per heavy atom. The van der Waals surface area contributed by atoms with E-state index in [0.717, 1.165) is 18.4 Å². The highest BCUT2D eigenvalue weighted by atomic mass is 16.5. The van der Waals surface area contributed by atoms with Crippen LogP contribution in [0.3, 0.4) is 0 Å². The quantitative estimate of drug-likeness (QED) is 0.235. The molecule has 1 aliphatic heterocycles. The van der Waals surface area contributed by atoms with E-state index in [-0.39, 0.29) is 49.1 Å². The monoisotopic (exact) mass is 590 g/mol. The van der Waals surface area contributed by atoms with Gasteiger partial charge in [-0.25, -0.2) is 0 Å². The number of methoxy groups -OCH3 is 2. The smallest absolute Gasteiger partial charge is 0.314 e. The summed E-state index contributed by atoms with van der Waals surface area (Å²) in [6.45, 7) is 13.2. The van der Waals surface area contributed by atoms with Crippen LogP contribution in [0.1, 0.15) is 66.4 Å². The third-order valence-electron chi connectivity index (χ3n) is 8.34. The average molecular weight is 591 g/mol. The Kier molecular flexibility index (Phi) is 14.1. The van der Waals surface area contributed by atoms with Gasteiger partial charge in [-0.1, -0.05) is 33.8 Å². The molecule has 1 aliphatic rings. The first kappa shape index (κ1) is 35.3. The lowest BCUT2D eigenvalue weighted by Crippen LogP contribution is -2.46. The van der Waals surface area contributed by atoms with Crippen molar-refractivity contribution in [1.29, 1.82) is 0 Å². The van der Waals surface area contributed by atoms with Crippen molar-refractivity contribution in [3.63, 3.8) is 0 Å². The average Bonchev–Trinajstić information content (AvgIpc) is 3.33. The summed E-state index contributed by atoms with van der Waals surface area (Å²) < 4.78 is 22.7. The number of ether oxygens (including phenoxy) is 4. The molecular formula is C32H52N3O7. The molecule has 1 radical (unpaired) electrons. The molecule has 0 saturated carbocycles. The van der Waals surface area contributed by atoms with Gasteiger partial charge in [0, 0.05) is 32.6 Å². The summed E-state index contributed by atoms with van der Waals surface area (Å²) in [5, 5.41) is 2.91. The minimum absolute atomic E-state index is 0.0303. The number of nitrogens with one attached hydrogen (secondary N) is 1. The standard InChI is InChI=1S/C32H52N3O7/c1-21(2)24(14-23-10-11-27(40-8)29(15-23)41-13-9-12-39-7)16-26-28(42-20-35(26)19-36)17-25(22(3)4)30(37)34-18-32(5,6)31(33)38/h10-11,15,21-22,24-26,28H,9,12-14,16-18,20H2,1-8H3,(H2,33,38)(H,34,37)/t24-,25-,26-,28-/m0/s1. The number of primary amides is 1. The van der Waals surface area contributed by atoms with Gasteiger partial charge in [0.1, 0.15) is 6.73 Å². The highest BCUT2D eigenvalue weighted by Gasteiger charge is 2.40. The van der Waals surface area contributed by atoms with E-state index < -0.39 is 11.3 Å². The highest BCUT2D eigenvalue weighted by molar-refractivity contribution is 5.83. The molecule has 0 aromatic heterocycles. The van der Waals surface area contributed by atoms with Crippen molar-refractivity contribution in [1.82, 2.24) is 10.2 Å². The van der Waals surface area contributed by atoms with Crippen LogP contribution in [0.4, 0.5) is 0 Å². The van der Waals surface area contributed by atoms with E-state index in [4.69, 9.17) is 24.7 Å². The van der Waals surface area contributed by atoms with Crippen LogP contribution in [0.2, 0.25) is 0 Å². The molecule has 1 heterocycles. The van der Waals surface area contributed by atoms with Crippen molar-refractivity contribution < 1.29 is 33.3 Å².